The molecule has 42 heavy (non-hydrogen) atoms. The van der Waals surface area contributed by atoms with Crippen LogP contribution < -0.4 is 26.6 Å². The third-order valence-corrected chi connectivity index (χ3v) is 10.2. The second-order valence-corrected chi connectivity index (χ2v) is 12.5. The molecule has 4 atom stereocenters. The molecule has 4 N–H and O–H groups in total. The molecule has 222 valence electrons. The number of carbonyl (C=O) groups is 2. The minimum atomic E-state index is -0.699. The number of carbonyl (C=O) groups excluding carboxylic acids is 2. The second-order valence-electron chi connectivity index (χ2n) is 12.5. The van der Waals surface area contributed by atoms with Crippen molar-refractivity contribution in [1.82, 2.24) is 20.9 Å². The number of nitrogens with one attached hydrogen (secondary N) is 4. The van der Waals surface area contributed by atoms with Crippen LogP contribution in [-0.4, -0.2) is 58.9 Å². The maximum Gasteiger partial charge on any atom is 0.220 e. The van der Waals surface area contributed by atoms with Crippen LogP contribution in [0.2, 0.25) is 0 Å². The zero-order chi connectivity index (χ0) is 30.4. The lowest BCUT2D eigenvalue weighted by atomic mass is 9.65. The molecule has 0 saturated heterocycles. The number of H-pyrrole nitrogens is 1. The number of hydrogen-bond acceptors (Lipinski definition) is 5. The average Bonchev–Trinajstić information content (AvgIpc) is 3.70. The van der Waals surface area contributed by atoms with Crippen molar-refractivity contribution in [1.29, 1.82) is 0 Å². The van der Waals surface area contributed by atoms with E-state index >= 15 is 0 Å². The van der Waals surface area contributed by atoms with Crippen LogP contribution in [0.15, 0.2) is 68.3 Å². The highest BCUT2D eigenvalue weighted by molar-refractivity contribution is 6.22. The molecule has 0 aliphatic carbocycles. The normalized spacial score (nSPS) is 32.9. The highest BCUT2D eigenvalue weighted by Crippen LogP contribution is 2.52. The van der Waals surface area contributed by atoms with E-state index in [1.165, 1.54) is 11.1 Å². The molecule has 0 fully saturated rings. The van der Waals surface area contributed by atoms with Gasteiger partial charge in [-0.15, -0.1) is 0 Å². The lowest BCUT2D eigenvalue weighted by molar-refractivity contribution is -0.121. The summed E-state index contributed by atoms with van der Waals surface area (Å²) >= 11 is 0. The Labute approximate surface area is 248 Å². The van der Waals surface area contributed by atoms with Crippen LogP contribution >= 0.6 is 0 Å². The second kappa shape index (κ2) is 10.8. The number of allylic oxidation sites excluding steroid dienone is 3. The summed E-state index contributed by atoms with van der Waals surface area (Å²) in [6.45, 7) is 13.2. The van der Waals surface area contributed by atoms with Crippen LogP contribution in [0, 0.1) is 5.92 Å². The van der Waals surface area contributed by atoms with Gasteiger partial charge in [0.2, 0.25) is 11.8 Å². The van der Waals surface area contributed by atoms with Crippen molar-refractivity contribution in [3.63, 3.8) is 0 Å². The number of nitrogens with zero attached hydrogens (tertiary/aromatic N) is 2. The highest BCUT2D eigenvalue weighted by atomic mass is 16.2. The zero-order valence-corrected chi connectivity index (χ0v) is 26.2. The molecule has 5 heterocycles. The summed E-state index contributed by atoms with van der Waals surface area (Å²) in [7, 11) is 3.34. The Morgan fingerprint density at radius 1 is 0.952 bits per heavy atom. The Morgan fingerprint density at radius 2 is 1.62 bits per heavy atom. The molecule has 0 saturated carbocycles. The fourth-order valence-corrected chi connectivity index (χ4v) is 7.28. The minimum Gasteiger partial charge on any atom is -0.359 e. The van der Waals surface area contributed by atoms with Gasteiger partial charge in [-0.25, -0.2) is 4.99 Å². The largest absolute Gasteiger partial charge is 0.359 e. The SMILES string of the molecule is CNC(=O)CCC1=C(C)C2=NC1(CCC(=O)NC)C(C)C1(C)NC(C)(/C=C3/C=CC(=N3)/C=c3/cc/c([nH]3)=C/2)C(C)=C1C. The molecule has 8 heteroatoms. The Morgan fingerprint density at radius 3 is 2.31 bits per heavy atom. The Kier molecular flexibility index (Phi) is 7.64. The fourth-order valence-electron chi connectivity index (χ4n) is 7.28. The molecule has 1 aromatic heterocycles. The number of rotatable bonds is 6. The zero-order valence-electron chi connectivity index (χ0n) is 26.2. The van der Waals surface area contributed by atoms with Gasteiger partial charge in [0.1, 0.15) is 0 Å². The molecular formula is C34H44N6O2. The van der Waals surface area contributed by atoms with Crippen LogP contribution in [0.25, 0.3) is 12.2 Å². The molecule has 5 rings (SSSR count). The van der Waals surface area contributed by atoms with E-state index in [-0.39, 0.29) is 17.7 Å². The first-order chi connectivity index (χ1) is 19.8. The van der Waals surface area contributed by atoms with E-state index in [0.717, 1.165) is 39.0 Å². The van der Waals surface area contributed by atoms with Crippen molar-refractivity contribution in [2.45, 2.75) is 83.8 Å². The predicted molar refractivity (Wildman–Crippen MR) is 171 cm³/mol. The van der Waals surface area contributed by atoms with Crippen molar-refractivity contribution >= 4 is 35.4 Å². The van der Waals surface area contributed by atoms with Gasteiger partial charge in [-0.1, -0.05) is 12.5 Å². The van der Waals surface area contributed by atoms with E-state index in [1.807, 2.05) is 18.2 Å². The van der Waals surface area contributed by atoms with Crippen molar-refractivity contribution in [2.75, 3.05) is 14.1 Å². The van der Waals surface area contributed by atoms with E-state index in [0.29, 0.717) is 25.7 Å². The standard InChI is InChI=1S/C34H44N6O2/c1-20-28(13-14-30(41)35-7)34(16-15-31(42)36-8)23(4)33(6)22(3)21(2)32(5,40-33)19-27-12-11-25(38-27)17-24-9-10-26(37-24)18-29(20)39-34/h9-12,17-19,23,37,40H,13-16H2,1-8H3,(H,35,41)(H,36,42)/b24-17-,26-18-,27-19-. The van der Waals surface area contributed by atoms with Gasteiger partial charge in [-0.3, -0.25) is 19.9 Å². The maximum absolute atomic E-state index is 12.7. The quantitative estimate of drug-likeness (QED) is 0.396. The van der Waals surface area contributed by atoms with Crippen molar-refractivity contribution < 1.29 is 9.59 Å². The maximum atomic E-state index is 12.7. The molecule has 1 aromatic rings. The third kappa shape index (κ3) is 4.96. The van der Waals surface area contributed by atoms with E-state index in [2.05, 4.69) is 86.8 Å². The Balaban J connectivity index is 1.78. The van der Waals surface area contributed by atoms with Crippen LogP contribution in [0.3, 0.4) is 0 Å². The van der Waals surface area contributed by atoms with E-state index in [4.69, 9.17) is 9.98 Å². The molecule has 0 aromatic carbocycles. The average molecular weight is 569 g/mol. The molecule has 4 unspecified atom stereocenters. The van der Waals surface area contributed by atoms with Crippen molar-refractivity contribution in [3.05, 3.63) is 69.0 Å². The molecule has 8 bridgehead atoms. The summed E-state index contributed by atoms with van der Waals surface area (Å²) in [5.74, 6) is -0.0818. The minimum absolute atomic E-state index is 0.01000. The summed E-state index contributed by atoms with van der Waals surface area (Å²) < 4.78 is 0. The summed E-state index contributed by atoms with van der Waals surface area (Å²) in [6, 6.07) is 4.10. The van der Waals surface area contributed by atoms with Gasteiger partial charge in [0.25, 0.3) is 0 Å². The van der Waals surface area contributed by atoms with Gasteiger partial charge >= 0.3 is 0 Å². The number of amides is 2. The summed E-state index contributed by atoms with van der Waals surface area (Å²) in [5.41, 5.74) is 5.85. The van der Waals surface area contributed by atoms with Gasteiger partial charge in [0.15, 0.2) is 0 Å². The predicted octanol–water partition coefficient (Wildman–Crippen LogP) is 3.14. The van der Waals surface area contributed by atoms with Crippen LogP contribution in [-0.2, 0) is 9.59 Å². The molecular weight excluding hydrogens is 524 g/mol. The molecule has 2 amide bonds. The number of aliphatic imine (C=N–C) groups is 2. The van der Waals surface area contributed by atoms with Gasteiger partial charge in [0, 0.05) is 49.1 Å². The first-order valence-electron chi connectivity index (χ1n) is 14.9. The van der Waals surface area contributed by atoms with E-state index in [1.54, 1.807) is 14.1 Å². The Hall–Kier alpha value is -3.78. The first-order valence-corrected chi connectivity index (χ1v) is 14.9. The van der Waals surface area contributed by atoms with Crippen LogP contribution in [0.5, 0.6) is 0 Å². The number of hydrogen-bond donors (Lipinski definition) is 4. The fraction of sp³-hybridized carbons (Fsp3) is 0.471. The van der Waals surface area contributed by atoms with Crippen LogP contribution in [0.4, 0.5) is 0 Å². The van der Waals surface area contributed by atoms with Crippen molar-refractivity contribution in [2.24, 2.45) is 15.9 Å². The highest BCUT2D eigenvalue weighted by Gasteiger charge is 2.56. The lowest BCUT2D eigenvalue weighted by Crippen LogP contribution is -2.59. The number of aromatic nitrogens is 1. The topological polar surface area (TPSA) is 111 Å². The third-order valence-electron chi connectivity index (χ3n) is 10.2. The molecule has 0 radical (unpaired) electrons. The van der Waals surface area contributed by atoms with Gasteiger partial charge in [-0.2, -0.15) is 0 Å². The molecule has 4 aliphatic heterocycles. The van der Waals surface area contributed by atoms with Crippen LogP contribution in [0.1, 0.15) is 67.2 Å². The lowest BCUT2D eigenvalue weighted by Gasteiger charge is -2.47. The van der Waals surface area contributed by atoms with Crippen molar-refractivity contribution in [3.8, 4) is 0 Å². The molecule has 0 spiro atoms. The van der Waals surface area contributed by atoms with E-state index in [9.17, 15) is 9.59 Å². The van der Waals surface area contributed by atoms with Gasteiger partial charge in [-0.05, 0) is 107 Å². The summed E-state index contributed by atoms with van der Waals surface area (Å²) in [4.78, 5) is 39.2. The number of aromatic amines is 1. The number of fused-ring (bicyclic) bond motifs is 6. The Bertz CT molecular complexity index is 1650. The summed E-state index contributed by atoms with van der Waals surface area (Å²) in [5, 5.41) is 11.5. The molecule has 4 aliphatic rings. The smallest absolute Gasteiger partial charge is 0.220 e. The monoisotopic (exact) mass is 568 g/mol. The molecule has 8 nitrogen and oxygen atoms in total. The van der Waals surface area contributed by atoms with Gasteiger partial charge in [0.05, 0.1) is 28.2 Å². The first kappa shape index (κ1) is 29.7. The van der Waals surface area contributed by atoms with E-state index < -0.39 is 16.6 Å². The van der Waals surface area contributed by atoms with Gasteiger partial charge < -0.3 is 15.6 Å². The summed E-state index contributed by atoms with van der Waals surface area (Å²) in [6.07, 6.45) is 12.3.